The average molecular weight is 289 g/mol. The maximum Gasteiger partial charge on any atom is 0.326 e. The number of carbonyl (C=O) groups is 2. The van der Waals surface area contributed by atoms with Crippen LogP contribution in [-0.2, 0) is 4.79 Å². The predicted molar refractivity (Wildman–Crippen MR) is 64.7 cm³/mol. The highest BCUT2D eigenvalue weighted by atomic mass is 19.2. The summed E-state index contributed by atoms with van der Waals surface area (Å²) in [5, 5.41) is 11.1. The van der Waals surface area contributed by atoms with Gasteiger partial charge >= 0.3 is 5.97 Å². The fourth-order valence-electron chi connectivity index (χ4n) is 1.60. The minimum Gasteiger partial charge on any atom is -0.480 e. The normalized spacial score (nSPS) is 13.7. The van der Waals surface area contributed by atoms with E-state index in [4.69, 9.17) is 5.11 Å². The van der Waals surface area contributed by atoms with E-state index in [-0.39, 0.29) is 0 Å². The summed E-state index contributed by atoms with van der Waals surface area (Å²) in [6.45, 7) is 3.32. The molecule has 4 nitrogen and oxygen atoms in total. The molecule has 0 heterocycles. The van der Waals surface area contributed by atoms with Crippen molar-refractivity contribution in [1.82, 2.24) is 5.32 Å². The number of carboxylic acid groups (broad SMARTS) is 1. The van der Waals surface area contributed by atoms with E-state index >= 15 is 0 Å². The molecule has 0 aliphatic rings. The van der Waals surface area contributed by atoms with Crippen molar-refractivity contribution in [3.05, 3.63) is 35.1 Å². The van der Waals surface area contributed by atoms with Crippen LogP contribution >= 0.6 is 0 Å². The minimum absolute atomic E-state index is 0.398. The van der Waals surface area contributed by atoms with Crippen molar-refractivity contribution < 1.29 is 27.9 Å². The Morgan fingerprint density at radius 1 is 1.25 bits per heavy atom. The maximum atomic E-state index is 13.4. The molecule has 0 aliphatic carbocycles. The maximum absolute atomic E-state index is 13.4. The van der Waals surface area contributed by atoms with Gasteiger partial charge < -0.3 is 10.4 Å². The molecular formula is C13H14F3NO3. The van der Waals surface area contributed by atoms with Gasteiger partial charge in [-0.3, -0.25) is 4.79 Å². The average Bonchev–Trinajstić information content (AvgIpc) is 2.40. The first-order valence-electron chi connectivity index (χ1n) is 5.96. The van der Waals surface area contributed by atoms with Crippen LogP contribution in [0.5, 0.6) is 0 Å². The summed E-state index contributed by atoms with van der Waals surface area (Å²) in [7, 11) is 0. The lowest BCUT2D eigenvalue weighted by atomic mass is 9.99. The second-order valence-electron chi connectivity index (χ2n) is 4.40. The molecule has 1 amide bonds. The number of benzene rings is 1. The standard InChI is InChI=1S/C13H14F3NO3/c1-3-6(2)11(13(19)20)17-12(18)7-4-5-8(14)10(16)9(7)15/h4-6,11H,3H2,1-2H3,(H,17,18)(H,19,20). The van der Waals surface area contributed by atoms with Crippen LogP contribution in [0.4, 0.5) is 13.2 Å². The van der Waals surface area contributed by atoms with Crippen LogP contribution in [-0.4, -0.2) is 23.0 Å². The molecule has 0 fully saturated rings. The van der Waals surface area contributed by atoms with Crippen molar-refractivity contribution >= 4 is 11.9 Å². The lowest BCUT2D eigenvalue weighted by molar-refractivity contribution is -0.140. The highest BCUT2D eigenvalue weighted by Gasteiger charge is 2.27. The van der Waals surface area contributed by atoms with Crippen molar-refractivity contribution in [2.45, 2.75) is 26.3 Å². The van der Waals surface area contributed by atoms with E-state index in [1.165, 1.54) is 0 Å². The van der Waals surface area contributed by atoms with Gasteiger partial charge in [0, 0.05) is 0 Å². The topological polar surface area (TPSA) is 66.4 Å². The lowest BCUT2D eigenvalue weighted by Crippen LogP contribution is -2.45. The number of hydrogen-bond donors (Lipinski definition) is 2. The zero-order chi connectivity index (χ0) is 15.4. The fourth-order valence-corrected chi connectivity index (χ4v) is 1.60. The number of carbonyl (C=O) groups excluding carboxylic acids is 1. The smallest absolute Gasteiger partial charge is 0.326 e. The molecule has 0 radical (unpaired) electrons. The molecule has 20 heavy (non-hydrogen) atoms. The molecule has 0 bridgehead atoms. The van der Waals surface area contributed by atoms with Crippen LogP contribution in [0, 0.1) is 23.4 Å². The number of hydrogen-bond acceptors (Lipinski definition) is 2. The van der Waals surface area contributed by atoms with Gasteiger partial charge in [-0.05, 0) is 18.1 Å². The Hall–Kier alpha value is -2.05. The molecule has 2 unspecified atom stereocenters. The molecule has 7 heteroatoms. The van der Waals surface area contributed by atoms with E-state index in [9.17, 15) is 22.8 Å². The van der Waals surface area contributed by atoms with Crippen molar-refractivity contribution in [3.8, 4) is 0 Å². The number of aliphatic carboxylic acids is 1. The summed E-state index contributed by atoms with van der Waals surface area (Å²) in [4.78, 5) is 22.8. The molecule has 0 saturated heterocycles. The monoisotopic (exact) mass is 289 g/mol. The van der Waals surface area contributed by atoms with Crippen LogP contribution in [0.15, 0.2) is 12.1 Å². The Bertz CT molecular complexity index is 534. The Labute approximate surface area is 113 Å². The molecule has 1 rings (SSSR count). The summed E-state index contributed by atoms with van der Waals surface area (Å²) in [5.74, 6) is -7.62. The van der Waals surface area contributed by atoms with Gasteiger partial charge in [-0.25, -0.2) is 18.0 Å². The third-order valence-electron chi connectivity index (χ3n) is 3.05. The Morgan fingerprint density at radius 3 is 2.35 bits per heavy atom. The molecule has 2 atom stereocenters. The molecule has 0 aromatic heterocycles. The second kappa shape index (κ2) is 6.40. The first kappa shape index (κ1) is 16.0. The molecule has 0 aliphatic heterocycles. The van der Waals surface area contributed by atoms with Gasteiger partial charge in [0.15, 0.2) is 17.5 Å². The summed E-state index contributed by atoms with van der Waals surface area (Å²) in [6, 6.07) is 0.130. The van der Waals surface area contributed by atoms with Crippen LogP contribution in [0.2, 0.25) is 0 Å². The summed E-state index contributed by atoms with van der Waals surface area (Å²) in [5.41, 5.74) is -0.738. The Kier molecular flexibility index (Phi) is 5.12. The predicted octanol–water partition coefficient (Wildman–Crippen LogP) is 2.33. The van der Waals surface area contributed by atoms with E-state index in [0.29, 0.717) is 12.5 Å². The SMILES string of the molecule is CCC(C)C(NC(=O)c1ccc(F)c(F)c1F)C(=O)O. The number of rotatable bonds is 5. The Morgan fingerprint density at radius 2 is 1.85 bits per heavy atom. The summed E-state index contributed by atoms with van der Waals surface area (Å²) in [6.07, 6.45) is 0.470. The van der Waals surface area contributed by atoms with E-state index < -0.39 is 46.9 Å². The first-order chi connectivity index (χ1) is 9.29. The van der Waals surface area contributed by atoms with Gasteiger partial charge in [-0.1, -0.05) is 20.3 Å². The molecule has 110 valence electrons. The van der Waals surface area contributed by atoms with Gasteiger partial charge in [-0.15, -0.1) is 0 Å². The summed E-state index contributed by atoms with van der Waals surface area (Å²) < 4.78 is 39.2. The Balaban J connectivity index is 3.01. The van der Waals surface area contributed by atoms with E-state index in [1.54, 1.807) is 13.8 Å². The van der Waals surface area contributed by atoms with E-state index in [0.717, 1.165) is 6.07 Å². The molecule has 1 aromatic rings. The number of carboxylic acids is 1. The van der Waals surface area contributed by atoms with Crippen molar-refractivity contribution in [2.75, 3.05) is 0 Å². The largest absolute Gasteiger partial charge is 0.480 e. The lowest BCUT2D eigenvalue weighted by Gasteiger charge is -2.20. The highest BCUT2D eigenvalue weighted by Crippen LogP contribution is 2.16. The van der Waals surface area contributed by atoms with E-state index in [1.807, 2.05) is 0 Å². The van der Waals surface area contributed by atoms with Crippen LogP contribution < -0.4 is 5.32 Å². The summed E-state index contributed by atoms with van der Waals surface area (Å²) >= 11 is 0. The third-order valence-corrected chi connectivity index (χ3v) is 3.05. The van der Waals surface area contributed by atoms with Crippen molar-refractivity contribution in [2.24, 2.45) is 5.92 Å². The molecule has 0 saturated carbocycles. The fraction of sp³-hybridized carbons (Fsp3) is 0.385. The molecule has 0 spiro atoms. The van der Waals surface area contributed by atoms with Gasteiger partial charge in [-0.2, -0.15) is 0 Å². The first-order valence-corrected chi connectivity index (χ1v) is 5.96. The van der Waals surface area contributed by atoms with Crippen LogP contribution in [0.3, 0.4) is 0 Å². The molecular weight excluding hydrogens is 275 g/mol. The van der Waals surface area contributed by atoms with E-state index in [2.05, 4.69) is 5.32 Å². The van der Waals surface area contributed by atoms with Gasteiger partial charge in [0.05, 0.1) is 5.56 Å². The quantitative estimate of drug-likeness (QED) is 0.818. The minimum atomic E-state index is -1.77. The van der Waals surface area contributed by atoms with Crippen LogP contribution in [0.1, 0.15) is 30.6 Å². The van der Waals surface area contributed by atoms with Crippen molar-refractivity contribution in [3.63, 3.8) is 0 Å². The zero-order valence-electron chi connectivity index (χ0n) is 10.9. The number of amides is 1. The van der Waals surface area contributed by atoms with Gasteiger partial charge in [0.1, 0.15) is 6.04 Å². The third kappa shape index (κ3) is 3.28. The molecule has 1 aromatic carbocycles. The van der Waals surface area contributed by atoms with Crippen molar-refractivity contribution in [1.29, 1.82) is 0 Å². The van der Waals surface area contributed by atoms with Crippen LogP contribution in [0.25, 0.3) is 0 Å². The second-order valence-corrected chi connectivity index (χ2v) is 4.40. The zero-order valence-corrected chi connectivity index (χ0v) is 10.9. The van der Waals surface area contributed by atoms with Gasteiger partial charge in [0.25, 0.3) is 5.91 Å². The van der Waals surface area contributed by atoms with Gasteiger partial charge in [0.2, 0.25) is 0 Å². The molecule has 2 N–H and O–H groups in total. The number of halogens is 3. The highest BCUT2D eigenvalue weighted by molar-refractivity contribution is 5.96. The number of nitrogens with one attached hydrogen (secondary N) is 1.